The Morgan fingerprint density at radius 1 is 1.29 bits per heavy atom. The Labute approximate surface area is 126 Å². The second-order valence-corrected chi connectivity index (χ2v) is 5.73. The van der Waals surface area contributed by atoms with Crippen molar-refractivity contribution < 1.29 is 9.18 Å². The summed E-state index contributed by atoms with van der Waals surface area (Å²) in [6.07, 6.45) is 1.95. The number of halogens is 1. The van der Waals surface area contributed by atoms with Crippen LogP contribution in [0.15, 0.2) is 18.2 Å². The second-order valence-electron chi connectivity index (χ2n) is 5.73. The predicted octanol–water partition coefficient (Wildman–Crippen LogP) is 3.08. The van der Waals surface area contributed by atoms with E-state index in [9.17, 15) is 9.18 Å². The lowest BCUT2D eigenvalue weighted by atomic mass is 10.0. The minimum atomic E-state index is -0.420. The van der Waals surface area contributed by atoms with Crippen molar-refractivity contribution in [3.05, 3.63) is 35.1 Å². The van der Waals surface area contributed by atoms with Gasteiger partial charge in [0.2, 0.25) is 0 Å². The molecule has 0 atom stereocenters. The van der Waals surface area contributed by atoms with Gasteiger partial charge in [0.15, 0.2) is 0 Å². The Morgan fingerprint density at radius 3 is 2.48 bits per heavy atom. The molecule has 3 nitrogen and oxygen atoms in total. The van der Waals surface area contributed by atoms with Gasteiger partial charge in [0, 0.05) is 19.1 Å². The average Bonchev–Trinajstić information content (AvgIpc) is 2.51. The van der Waals surface area contributed by atoms with Gasteiger partial charge in [-0.25, -0.2) is 4.39 Å². The van der Waals surface area contributed by atoms with Crippen molar-refractivity contribution in [2.24, 2.45) is 0 Å². The molecule has 0 radical (unpaired) electrons. The molecule has 21 heavy (non-hydrogen) atoms. The van der Waals surface area contributed by atoms with Crippen LogP contribution in [0.5, 0.6) is 0 Å². The monoisotopic (exact) mass is 292 g/mol. The van der Waals surface area contributed by atoms with Crippen LogP contribution in [0.4, 0.5) is 4.39 Å². The number of amides is 1. The van der Waals surface area contributed by atoms with E-state index in [2.05, 4.69) is 18.7 Å². The highest BCUT2D eigenvalue weighted by Gasteiger charge is 2.27. The third-order valence-corrected chi connectivity index (χ3v) is 4.43. The Bertz CT molecular complexity index is 492. The maximum Gasteiger partial charge on any atom is 0.256 e. The van der Waals surface area contributed by atoms with Gasteiger partial charge < -0.3 is 9.80 Å². The van der Waals surface area contributed by atoms with Crippen LogP contribution in [0, 0.1) is 12.7 Å². The molecule has 1 aromatic rings. The summed E-state index contributed by atoms with van der Waals surface area (Å²) in [7, 11) is 0. The van der Waals surface area contributed by atoms with Crippen LogP contribution < -0.4 is 0 Å². The average molecular weight is 292 g/mol. The molecular weight excluding hydrogens is 267 g/mol. The number of carbonyl (C=O) groups is 1. The number of hydrogen-bond donors (Lipinski definition) is 0. The van der Waals surface area contributed by atoms with Gasteiger partial charge in [0.1, 0.15) is 5.82 Å². The van der Waals surface area contributed by atoms with E-state index in [-0.39, 0.29) is 11.5 Å². The lowest BCUT2D eigenvalue weighted by molar-refractivity contribution is 0.0627. The first-order valence-electron chi connectivity index (χ1n) is 7.86. The van der Waals surface area contributed by atoms with Crippen molar-refractivity contribution in [3.63, 3.8) is 0 Å². The van der Waals surface area contributed by atoms with Crippen LogP contribution in [0.3, 0.4) is 0 Å². The van der Waals surface area contributed by atoms with Crippen molar-refractivity contribution in [2.75, 3.05) is 26.2 Å². The number of benzene rings is 1. The Balaban J connectivity index is 2.02. The Kier molecular flexibility index (Phi) is 5.34. The zero-order valence-corrected chi connectivity index (χ0v) is 13.2. The summed E-state index contributed by atoms with van der Waals surface area (Å²) in [5.41, 5.74) is 1.12. The van der Waals surface area contributed by atoms with Crippen molar-refractivity contribution in [1.29, 1.82) is 0 Å². The number of hydrogen-bond acceptors (Lipinski definition) is 2. The smallest absolute Gasteiger partial charge is 0.256 e. The molecule has 1 heterocycles. The maximum atomic E-state index is 13.8. The van der Waals surface area contributed by atoms with E-state index in [1.54, 1.807) is 17.0 Å². The molecule has 0 N–H and O–H groups in total. The molecule has 1 fully saturated rings. The lowest BCUT2D eigenvalue weighted by Gasteiger charge is -2.37. The van der Waals surface area contributed by atoms with E-state index in [0.717, 1.165) is 31.5 Å². The summed E-state index contributed by atoms with van der Waals surface area (Å²) < 4.78 is 13.8. The SMILES string of the molecule is CCN(CC)C1CCN(C(=O)c2cc(C)ccc2F)CC1. The topological polar surface area (TPSA) is 23.6 Å². The molecule has 0 unspecified atom stereocenters. The highest BCUT2D eigenvalue weighted by molar-refractivity contribution is 5.94. The van der Waals surface area contributed by atoms with E-state index < -0.39 is 5.82 Å². The van der Waals surface area contributed by atoms with Gasteiger partial charge >= 0.3 is 0 Å². The Morgan fingerprint density at radius 2 is 1.90 bits per heavy atom. The van der Waals surface area contributed by atoms with Gasteiger partial charge in [-0.2, -0.15) is 0 Å². The van der Waals surface area contributed by atoms with Gasteiger partial charge in [0.05, 0.1) is 5.56 Å². The highest BCUT2D eigenvalue weighted by atomic mass is 19.1. The number of piperidine rings is 1. The van der Waals surface area contributed by atoms with E-state index >= 15 is 0 Å². The van der Waals surface area contributed by atoms with Gasteiger partial charge in [-0.3, -0.25) is 4.79 Å². The molecule has 0 bridgehead atoms. The van der Waals surface area contributed by atoms with Crippen LogP contribution >= 0.6 is 0 Å². The standard InChI is InChI=1S/C17H25FN2O/c1-4-19(5-2)14-8-10-20(11-9-14)17(21)15-12-13(3)6-7-16(15)18/h6-7,12,14H,4-5,8-11H2,1-3H3. The molecule has 0 saturated carbocycles. The zero-order chi connectivity index (χ0) is 15.4. The molecule has 116 valence electrons. The largest absolute Gasteiger partial charge is 0.338 e. The van der Waals surface area contributed by atoms with Crippen molar-refractivity contribution in [3.8, 4) is 0 Å². The maximum absolute atomic E-state index is 13.8. The lowest BCUT2D eigenvalue weighted by Crippen LogP contribution is -2.46. The summed E-state index contributed by atoms with van der Waals surface area (Å²) in [6, 6.07) is 5.27. The third-order valence-electron chi connectivity index (χ3n) is 4.43. The number of aryl methyl sites for hydroxylation is 1. The molecule has 1 aliphatic heterocycles. The van der Waals surface area contributed by atoms with Gasteiger partial charge in [0.25, 0.3) is 5.91 Å². The molecule has 1 aromatic carbocycles. The highest BCUT2D eigenvalue weighted by Crippen LogP contribution is 2.20. The summed E-state index contributed by atoms with van der Waals surface area (Å²) in [5.74, 6) is -0.592. The normalized spacial score (nSPS) is 16.5. The molecule has 2 rings (SSSR count). The van der Waals surface area contributed by atoms with Crippen LogP contribution in [-0.4, -0.2) is 47.9 Å². The van der Waals surface area contributed by atoms with Gasteiger partial charge in [-0.15, -0.1) is 0 Å². The van der Waals surface area contributed by atoms with E-state index in [0.29, 0.717) is 19.1 Å². The van der Waals surface area contributed by atoms with Gasteiger partial charge in [-0.05, 0) is 45.0 Å². The fourth-order valence-corrected chi connectivity index (χ4v) is 3.15. The fourth-order valence-electron chi connectivity index (χ4n) is 3.15. The molecule has 0 aliphatic carbocycles. The third kappa shape index (κ3) is 3.62. The van der Waals surface area contributed by atoms with Crippen LogP contribution in [0.2, 0.25) is 0 Å². The summed E-state index contributed by atoms with van der Waals surface area (Å²) in [6.45, 7) is 9.74. The summed E-state index contributed by atoms with van der Waals surface area (Å²) >= 11 is 0. The molecular formula is C17H25FN2O. The first-order valence-corrected chi connectivity index (χ1v) is 7.86. The first-order chi connectivity index (χ1) is 10.1. The van der Waals surface area contributed by atoms with E-state index in [1.807, 2.05) is 6.92 Å². The number of likely N-dealkylation sites (tertiary alicyclic amines) is 1. The molecule has 1 amide bonds. The molecule has 0 spiro atoms. The molecule has 4 heteroatoms. The molecule has 0 aromatic heterocycles. The first kappa shape index (κ1) is 16.0. The van der Waals surface area contributed by atoms with Crippen LogP contribution in [-0.2, 0) is 0 Å². The van der Waals surface area contributed by atoms with Crippen molar-refractivity contribution in [2.45, 2.75) is 39.7 Å². The minimum Gasteiger partial charge on any atom is -0.338 e. The van der Waals surface area contributed by atoms with Gasteiger partial charge in [-0.1, -0.05) is 25.5 Å². The van der Waals surface area contributed by atoms with Crippen LogP contribution in [0.25, 0.3) is 0 Å². The number of carbonyl (C=O) groups excluding carboxylic acids is 1. The van der Waals surface area contributed by atoms with Crippen molar-refractivity contribution in [1.82, 2.24) is 9.80 Å². The zero-order valence-electron chi connectivity index (χ0n) is 13.2. The Hall–Kier alpha value is -1.42. The summed E-state index contributed by atoms with van der Waals surface area (Å²) in [4.78, 5) is 16.7. The van der Waals surface area contributed by atoms with Crippen LogP contribution in [0.1, 0.15) is 42.6 Å². The number of nitrogens with zero attached hydrogens (tertiary/aromatic N) is 2. The van der Waals surface area contributed by atoms with E-state index in [1.165, 1.54) is 6.07 Å². The van der Waals surface area contributed by atoms with Crippen molar-refractivity contribution >= 4 is 5.91 Å². The van der Waals surface area contributed by atoms with E-state index in [4.69, 9.17) is 0 Å². The summed E-state index contributed by atoms with van der Waals surface area (Å²) in [5, 5.41) is 0. The molecule has 1 aliphatic rings. The fraction of sp³-hybridized carbons (Fsp3) is 0.588. The number of rotatable bonds is 4. The predicted molar refractivity (Wildman–Crippen MR) is 83.0 cm³/mol. The second kappa shape index (κ2) is 7.03. The quantitative estimate of drug-likeness (QED) is 0.851. The minimum absolute atomic E-state index is 0.172. The molecule has 1 saturated heterocycles.